The summed E-state index contributed by atoms with van der Waals surface area (Å²) in [5, 5.41) is 16.6. The highest BCUT2D eigenvalue weighted by Crippen LogP contribution is 2.39. The van der Waals surface area contributed by atoms with E-state index in [0.717, 1.165) is 24.9 Å². The Morgan fingerprint density at radius 1 is 1.22 bits per heavy atom. The lowest BCUT2D eigenvalue weighted by Gasteiger charge is -2.30. The van der Waals surface area contributed by atoms with Gasteiger partial charge >= 0.3 is 0 Å². The van der Waals surface area contributed by atoms with Crippen LogP contribution in [0.2, 0.25) is 0 Å². The number of halogens is 1. The molecule has 12 nitrogen and oxygen atoms in total. The van der Waals surface area contributed by atoms with Gasteiger partial charge in [0, 0.05) is 49.5 Å². The summed E-state index contributed by atoms with van der Waals surface area (Å²) < 4.78 is 30.6. The largest absolute Gasteiger partial charge is 0.491 e. The highest BCUT2D eigenvalue weighted by Gasteiger charge is 2.46. The van der Waals surface area contributed by atoms with Gasteiger partial charge in [-0.15, -0.1) is 0 Å². The number of ether oxygens (including phenoxy) is 2. The van der Waals surface area contributed by atoms with Crippen molar-refractivity contribution in [2.45, 2.75) is 31.0 Å². The quantitative estimate of drug-likeness (QED) is 0.321. The number of fused-ring (bicyclic) bond motifs is 2. The average molecular weight is 559 g/mol. The number of carbonyl (C=O) groups excluding carboxylic acids is 1. The van der Waals surface area contributed by atoms with E-state index in [1.54, 1.807) is 47.2 Å². The Kier molecular flexibility index (Phi) is 6.05. The van der Waals surface area contributed by atoms with Crippen molar-refractivity contribution in [2.24, 2.45) is 7.05 Å². The number of benzene rings is 1. The number of rotatable bonds is 6. The Bertz CT molecular complexity index is 1780. The summed E-state index contributed by atoms with van der Waals surface area (Å²) in [4.78, 5) is 27.3. The zero-order valence-electron chi connectivity index (χ0n) is 22.1. The van der Waals surface area contributed by atoms with E-state index >= 15 is 4.39 Å². The monoisotopic (exact) mass is 558 g/mol. The van der Waals surface area contributed by atoms with Crippen LogP contribution in [0.25, 0.3) is 33.2 Å². The molecular weight excluding hydrogens is 531 g/mol. The van der Waals surface area contributed by atoms with Crippen LogP contribution in [0.15, 0.2) is 55.1 Å². The molecule has 2 aliphatic rings. The predicted molar refractivity (Wildman–Crippen MR) is 147 cm³/mol. The molecule has 6 heterocycles. The van der Waals surface area contributed by atoms with E-state index < -0.39 is 24.6 Å². The van der Waals surface area contributed by atoms with Gasteiger partial charge in [-0.25, -0.2) is 19.3 Å². The third kappa shape index (κ3) is 4.33. The number of aliphatic hydroxyl groups is 1. The number of aliphatic hydroxyl groups excluding tert-OH is 1. The van der Waals surface area contributed by atoms with Crippen LogP contribution in [0, 0.1) is 0 Å². The maximum atomic E-state index is 15.5. The molecule has 1 amide bonds. The van der Waals surface area contributed by atoms with Gasteiger partial charge in [-0.05, 0) is 30.7 Å². The Morgan fingerprint density at radius 2 is 2.05 bits per heavy atom. The van der Waals surface area contributed by atoms with Crippen LogP contribution in [0.1, 0.15) is 23.1 Å². The molecule has 4 atom stereocenters. The first-order chi connectivity index (χ1) is 19.9. The summed E-state index contributed by atoms with van der Waals surface area (Å²) in [5.41, 5.74) is 8.75. The molecule has 2 saturated heterocycles. The number of hydrogen-bond acceptors (Lipinski definition) is 9. The lowest BCUT2D eigenvalue weighted by Crippen LogP contribution is -2.42. The lowest BCUT2D eigenvalue weighted by atomic mass is 10.1. The van der Waals surface area contributed by atoms with Crippen LogP contribution < -0.4 is 10.5 Å². The molecular formula is C28H27FN8O4. The van der Waals surface area contributed by atoms with E-state index in [-0.39, 0.29) is 18.3 Å². The van der Waals surface area contributed by atoms with Crippen molar-refractivity contribution in [1.29, 1.82) is 0 Å². The van der Waals surface area contributed by atoms with Gasteiger partial charge in [-0.2, -0.15) is 5.10 Å². The molecule has 41 heavy (non-hydrogen) atoms. The Balaban J connectivity index is 1.12. The van der Waals surface area contributed by atoms with E-state index in [0.29, 0.717) is 39.3 Å². The molecule has 0 radical (unpaired) electrons. The van der Waals surface area contributed by atoms with Gasteiger partial charge in [0.1, 0.15) is 48.1 Å². The minimum atomic E-state index is -1.76. The molecule has 0 unspecified atom stereocenters. The van der Waals surface area contributed by atoms with Crippen molar-refractivity contribution in [3.63, 3.8) is 0 Å². The molecule has 0 spiro atoms. The molecule has 13 heteroatoms. The molecule has 0 bridgehead atoms. The standard InChI is InChI=1S/C28H27FN8O4/c1-35-10-7-18(34-35)17-12-37(26-22(17)25(30)31-14-32-26)28-23(29)24(38)21(41-28)13-40-16-5-3-15-4-6-19(33-20(15)11-16)27(39)36-8-2-9-36/h3-7,10-12,14,21,23-24,28,38H,2,8-9,13H2,1H3,(H2,30,31,32)/t21-,23+,24-,28-/m1/s1. The third-order valence-electron chi connectivity index (χ3n) is 7.64. The average Bonchev–Trinajstić information content (AvgIpc) is 3.62. The first-order valence-electron chi connectivity index (χ1n) is 13.3. The molecule has 7 rings (SSSR count). The van der Waals surface area contributed by atoms with Gasteiger partial charge in [0.25, 0.3) is 5.91 Å². The normalized spacial score (nSPS) is 22.4. The predicted octanol–water partition coefficient (Wildman–Crippen LogP) is 2.48. The molecule has 5 aromatic rings. The minimum absolute atomic E-state index is 0.0947. The maximum Gasteiger partial charge on any atom is 0.272 e. The highest BCUT2D eigenvalue weighted by molar-refractivity contribution is 6.00. The van der Waals surface area contributed by atoms with Gasteiger partial charge < -0.3 is 29.8 Å². The molecule has 0 saturated carbocycles. The van der Waals surface area contributed by atoms with Crippen LogP contribution in [0.4, 0.5) is 10.2 Å². The topological polar surface area (TPSA) is 146 Å². The first kappa shape index (κ1) is 25.4. The second-order valence-electron chi connectivity index (χ2n) is 10.3. The molecule has 0 aliphatic carbocycles. The van der Waals surface area contributed by atoms with Crippen LogP contribution in [0.3, 0.4) is 0 Å². The summed E-state index contributed by atoms with van der Waals surface area (Å²) in [6.07, 6.45) is 0.391. The van der Waals surface area contributed by atoms with Crippen LogP contribution in [-0.4, -0.2) is 83.3 Å². The highest BCUT2D eigenvalue weighted by atomic mass is 19.1. The fourth-order valence-corrected chi connectivity index (χ4v) is 5.29. The number of amides is 1. The van der Waals surface area contributed by atoms with Crippen LogP contribution >= 0.6 is 0 Å². The minimum Gasteiger partial charge on any atom is -0.491 e. The zero-order chi connectivity index (χ0) is 28.2. The first-order valence-corrected chi connectivity index (χ1v) is 13.3. The number of hydrogen-bond donors (Lipinski definition) is 2. The number of nitrogen functional groups attached to an aromatic ring is 1. The number of nitrogens with two attached hydrogens (primary N) is 1. The van der Waals surface area contributed by atoms with Crippen LogP contribution in [0.5, 0.6) is 5.75 Å². The molecule has 2 aliphatic heterocycles. The van der Waals surface area contributed by atoms with Crippen molar-refractivity contribution < 1.29 is 23.8 Å². The van der Waals surface area contributed by atoms with Gasteiger partial charge in [0.2, 0.25) is 0 Å². The Hall–Kier alpha value is -4.62. The number of pyridine rings is 1. The summed E-state index contributed by atoms with van der Waals surface area (Å²) in [6, 6.07) is 10.7. The van der Waals surface area contributed by atoms with E-state index in [4.69, 9.17) is 15.2 Å². The van der Waals surface area contributed by atoms with Crippen molar-refractivity contribution >= 4 is 33.7 Å². The smallest absolute Gasteiger partial charge is 0.272 e. The molecule has 210 valence electrons. The van der Waals surface area contributed by atoms with Gasteiger partial charge in [-0.3, -0.25) is 9.48 Å². The zero-order valence-corrected chi connectivity index (χ0v) is 22.1. The number of nitrogens with zero attached hydrogens (tertiary/aromatic N) is 7. The van der Waals surface area contributed by atoms with Crippen molar-refractivity contribution in [3.05, 3.63) is 60.8 Å². The van der Waals surface area contributed by atoms with E-state index in [1.165, 1.54) is 10.9 Å². The molecule has 4 aromatic heterocycles. The number of carbonyl (C=O) groups is 1. The van der Waals surface area contributed by atoms with Gasteiger partial charge in [0.05, 0.1) is 16.6 Å². The Labute approximate surface area is 233 Å². The van der Waals surface area contributed by atoms with E-state index in [9.17, 15) is 9.90 Å². The Morgan fingerprint density at radius 3 is 2.80 bits per heavy atom. The van der Waals surface area contributed by atoms with Gasteiger partial charge in [0.15, 0.2) is 12.4 Å². The SMILES string of the molecule is Cn1ccc(-c2cn([C@@H]3O[C@H](COc4ccc5ccc(C(=O)N6CCC6)nc5c4)[C@@H](O)[C@@H]3F)c3ncnc(N)c23)n1. The van der Waals surface area contributed by atoms with Crippen molar-refractivity contribution in [2.75, 3.05) is 25.4 Å². The third-order valence-corrected chi connectivity index (χ3v) is 7.64. The van der Waals surface area contributed by atoms with Crippen LogP contribution in [-0.2, 0) is 11.8 Å². The number of alkyl halides is 1. The number of aryl methyl sites for hydroxylation is 1. The fraction of sp³-hybridized carbons (Fsp3) is 0.321. The summed E-state index contributed by atoms with van der Waals surface area (Å²) >= 11 is 0. The van der Waals surface area contributed by atoms with Crippen molar-refractivity contribution in [3.8, 4) is 17.0 Å². The maximum absolute atomic E-state index is 15.5. The summed E-state index contributed by atoms with van der Waals surface area (Å²) in [5.74, 6) is 0.586. The van der Waals surface area contributed by atoms with Gasteiger partial charge in [-0.1, -0.05) is 6.07 Å². The lowest BCUT2D eigenvalue weighted by molar-refractivity contribution is -0.0410. The molecule has 3 N–H and O–H groups in total. The summed E-state index contributed by atoms with van der Waals surface area (Å²) in [6.45, 7) is 1.37. The fourth-order valence-electron chi connectivity index (χ4n) is 5.29. The van der Waals surface area contributed by atoms with Crippen molar-refractivity contribution in [1.82, 2.24) is 34.2 Å². The second kappa shape index (κ2) is 9.78. The van der Waals surface area contributed by atoms with E-state index in [2.05, 4.69) is 20.1 Å². The molecule has 2 fully saturated rings. The number of aromatic nitrogens is 6. The van der Waals surface area contributed by atoms with E-state index in [1.807, 2.05) is 18.2 Å². The second-order valence-corrected chi connectivity index (χ2v) is 10.3. The number of likely N-dealkylation sites (tertiary alicyclic amines) is 1. The number of anilines is 1. The molecule has 1 aromatic carbocycles. The summed E-state index contributed by atoms with van der Waals surface area (Å²) in [7, 11) is 1.79.